The molecule has 0 fully saturated rings. The summed E-state index contributed by atoms with van der Waals surface area (Å²) in [6.07, 6.45) is 22.7. The van der Waals surface area contributed by atoms with Crippen LogP contribution in [0.5, 0.6) is 0 Å². The Morgan fingerprint density at radius 1 is 0.872 bits per heavy atom. The number of aliphatic hydroxyl groups excluding tert-OH is 1. The number of hydrogen-bond donors (Lipinski definition) is 2. The lowest BCUT2D eigenvalue weighted by molar-refractivity contribution is -0.870. The fourth-order valence-corrected chi connectivity index (χ4v) is 4.56. The van der Waals surface area contributed by atoms with Gasteiger partial charge in [-0.05, 0) is 38.5 Å². The first-order chi connectivity index (χ1) is 18.5. The third-order valence-corrected chi connectivity index (χ3v) is 7.37. The Labute approximate surface area is 239 Å². The Morgan fingerprint density at radius 2 is 1.44 bits per heavy atom. The lowest BCUT2D eigenvalue weighted by Gasteiger charge is -2.29. The van der Waals surface area contributed by atoms with Crippen LogP contribution < -0.4 is 10.2 Å². The van der Waals surface area contributed by atoms with Crippen molar-refractivity contribution >= 4 is 13.7 Å². The molecule has 0 radical (unpaired) electrons. The van der Waals surface area contributed by atoms with Gasteiger partial charge in [-0.2, -0.15) is 0 Å². The Bertz CT molecular complexity index is 708. The number of likely N-dealkylation sites (N-methyl/N-ethyl adjacent to an activating group) is 1. The van der Waals surface area contributed by atoms with E-state index in [4.69, 9.17) is 9.05 Å². The van der Waals surface area contributed by atoms with Crippen LogP contribution in [-0.2, 0) is 18.4 Å². The first kappa shape index (κ1) is 38.0. The van der Waals surface area contributed by atoms with E-state index in [2.05, 4.69) is 31.3 Å². The number of allylic oxidation sites excluding steroid dienone is 3. The van der Waals surface area contributed by atoms with E-state index >= 15 is 0 Å². The van der Waals surface area contributed by atoms with E-state index in [0.29, 0.717) is 17.4 Å². The van der Waals surface area contributed by atoms with Gasteiger partial charge in [0, 0.05) is 6.42 Å². The van der Waals surface area contributed by atoms with Crippen molar-refractivity contribution in [3.05, 3.63) is 24.3 Å². The van der Waals surface area contributed by atoms with Gasteiger partial charge in [-0.1, -0.05) is 89.5 Å². The highest BCUT2D eigenvalue weighted by molar-refractivity contribution is 7.45. The van der Waals surface area contributed by atoms with Crippen LogP contribution in [0.2, 0.25) is 0 Å². The van der Waals surface area contributed by atoms with Gasteiger partial charge in [0.05, 0.1) is 39.9 Å². The summed E-state index contributed by atoms with van der Waals surface area (Å²) in [6, 6.07) is -0.881. The quantitative estimate of drug-likeness (QED) is 0.0564. The fourth-order valence-electron chi connectivity index (χ4n) is 3.83. The van der Waals surface area contributed by atoms with E-state index in [9.17, 15) is 19.4 Å². The summed E-state index contributed by atoms with van der Waals surface area (Å²) >= 11 is 0. The predicted molar refractivity (Wildman–Crippen MR) is 159 cm³/mol. The maximum absolute atomic E-state index is 12.6. The van der Waals surface area contributed by atoms with Crippen molar-refractivity contribution in [2.45, 2.75) is 122 Å². The van der Waals surface area contributed by atoms with Gasteiger partial charge >= 0.3 is 0 Å². The van der Waals surface area contributed by atoms with Crippen LogP contribution in [0.3, 0.4) is 0 Å². The SMILES string of the molecule is CCCC/C=C/C(O)C(COP(=O)([O-])OCC[N+](C)(C)C)NC(=O)CCCCCCC/C=C\CCCCCC. The number of carbonyl (C=O) groups excluding carboxylic acids is 1. The predicted octanol–water partition coefficient (Wildman–Crippen LogP) is 6.04. The zero-order valence-corrected chi connectivity index (χ0v) is 26.5. The molecule has 3 unspecified atom stereocenters. The molecule has 0 spiro atoms. The number of phosphoric ester groups is 1. The summed E-state index contributed by atoms with van der Waals surface area (Å²) in [5.74, 6) is -0.220. The molecule has 0 saturated heterocycles. The molecule has 0 aliphatic carbocycles. The molecule has 9 heteroatoms. The molecule has 0 bridgehead atoms. The van der Waals surface area contributed by atoms with Crippen LogP contribution in [0.15, 0.2) is 24.3 Å². The molecule has 0 saturated carbocycles. The number of carbonyl (C=O) groups is 1. The van der Waals surface area contributed by atoms with Gasteiger partial charge in [0.25, 0.3) is 7.82 Å². The number of phosphoric acid groups is 1. The zero-order chi connectivity index (χ0) is 29.4. The first-order valence-corrected chi connectivity index (χ1v) is 16.7. The smallest absolute Gasteiger partial charge is 0.268 e. The Hall–Kier alpha value is -1.02. The molecule has 0 aromatic heterocycles. The Kier molecular flexibility index (Phi) is 23.0. The monoisotopic (exact) mass is 574 g/mol. The lowest BCUT2D eigenvalue weighted by Crippen LogP contribution is -2.45. The number of quaternary nitrogens is 1. The van der Waals surface area contributed by atoms with Crippen LogP contribution in [-0.4, -0.2) is 68.5 Å². The summed E-state index contributed by atoms with van der Waals surface area (Å²) in [6.45, 7) is 4.42. The van der Waals surface area contributed by atoms with Crippen LogP contribution in [0.25, 0.3) is 0 Å². The standard InChI is InChI=1S/C30H59N2O6P/c1-6-8-10-12-13-14-15-16-17-18-19-20-22-24-30(34)31-28(29(33)23-21-11-9-7-2)27-38-39(35,36)37-26-25-32(3,4)5/h14-15,21,23,28-29,33H,6-13,16-20,22,24-27H2,1-5H3,(H-,31,34,35,36)/b15-14-,23-21+. The van der Waals surface area contributed by atoms with Crippen molar-refractivity contribution in [1.82, 2.24) is 5.32 Å². The van der Waals surface area contributed by atoms with Crippen molar-refractivity contribution in [3.63, 3.8) is 0 Å². The third-order valence-electron chi connectivity index (χ3n) is 6.41. The molecule has 3 atom stereocenters. The van der Waals surface area contributed by atoms with Crippen molar-refractivity contribution in [2.75, 3.05) is 40.9 Å². The number of nitrogens with zero attached hydrogens (tertiary/aromatic N) is 1. The summed E-state index contributed by atoms with van der Waals surface area (Å²) in [5.41, 5.74) is 0. The van der Waals surface area contributed by atoms with Gasteiger partial charge < -0.3 is 28.8 Å². The Balaban J connectivity index is 4.45. The second kappa shape index (κ2) is 23.7. The second-order valence-electron chi connectivity index (χ2n) is 11.5. The molecule has 0 rings (SSSR count). The number of nitrogens with one attached hydrogen (secondary N) is 1. The van der Waals surface area contributed by atoms with Crippen LogP contribution >= 0.6 is 7.82 Å². The van der Waals surface area contributed by atoms with E-state index in [1.165, 1.54) is 38.5 Å². The van der Waals surface area contributed by atoms with Crippen LogP contribution in [0.1, 0.15) is 110 Å². The largest absolute Gasteiger partial charge is 0.756 e. The maximum atomic E-state index is 12.6. The summed E-state index contributed by atoms with van der Waals surface area (Å²) in [4.78, 5) is 24.7. The molecule has 0 aliphatic heterocycles. The molecule has 1 amide bonds. The van der Waals surface area contributed by atoms with Gasteiger partial charge in [-0.3, -0.25) is 9.36 Å². The average Bonchev–Trinajstić information content (AvgIpc) is 2.86. The highest BCUT2D eigenvalue weighted by Crippen LogP contribution is 2.38. The molecular weight excluding hydrogens is 515 g/mol. The average molecular weight is 575 g/mol. The lowest BCUT2D eigenvalue weighted by atomic mass is 10.1. The van der Waals surface area contributed by atoms with Gasteiger partial charge in [0.1, 0.15) is 13.2 Å². The van der Waals surface area contributed by atoms with Gasteiger partial charge in [0.15, 0.2) is 0 Å². The number of aliphatic hydroxyl groups is 1. The molecule has 8 nitrogen and oxygen atoms in total. The molecule has 0 heterocycles. The van der Waals surface area contributed by atoms with Gasteiger partial charge in [-0.25, -0.2) is 0 Å². The molecule has 39 heavy (non-hydrogen) atoms. The van der Waals surface area contributed by atoms with E-state index < -0.39 is 20.0 Å². The van der Waals surface area contributed by atoms with E-state index in [1.54, 1.807) is 6.08 Å². The zero-order valence-electron chi connectivity index (χ0n) is 25.6. The summed E-state index contributed by atoms with van der Waals surface area (Å²) in [5, 5.41) is 13.4. The van der Waals surface area contributed by atoms with E-state index in [1.807, 2.05) is 27.2 Å². The highest BCUT2D eigenvalue weighted by atomic mass is 31.2. The second-order valence-corrected chi connectivity index (χ2v) is 12.9. The minimum atomic E-state index is -4.55. The van der Waals surface area contributed by atoms with Crippen molar-refractivity contribution < 1.29 is 32.9 Å². The topological polar surface area (TPSA) is 108 Å². The fraction of sp³-hybridized carbons (Fsp3) is 0.833. The minimum Gasteiger partial charge on any atom is -0.756 e. The van der Waals surface area contributed by atoms with Crippen molar-refractivity contribution in [1.29, 1.82) is 0 Å². The minimum absolute atomic E-state index is 0.00386. The van der Waals surface area contributed by atoms with Crippen molar-refractivity contribution in [2.24, 2.45) is 0 Å². The van der Waals surface area contributed by atoms with Crippen LogP contribution in [0.4, 0.5) is 0 Å². The van der Waals surface area contributed by atoms with Crippen molar-refractivity contribution in [3.8, 4) is 0 Å². The third kappa shape index (κ3) is 25.7. The van der Waals surface area contributed by atoms with E-state index in [0.717, 1.165) is 51.4 Å². The van der Waals surface area contributed by atoms with E-state index in [-0.39, 0.29) is 19.1 Å². The molecule has 2 N–H and O–H groups in total. The normalized spacial score (nSPS) is 15.6. The van der Waals surface area contributed by atoms with Gasteiger partial charge in [0.2, 0.25) is 5.91 Å². The highest BCUT2D eigenvalue weighted by Gasteiger charge is 2.23. The number of unbranched alkanes of at least 4 members (excludes halogenated alkanes) is 11. The molecule has 0 aliphatic rings. The Morgan fingerprint density at radius 3 is 2.05 bits per heavy atom. The van der Waals surface area contributed by atoms with Crippen LogP contribution in [0, 0.1) is 0 Å². The molecular formula is C30H59N2O6P. The molecule has 230 valence electrons. The maximum Gasteiger partial charge on any atom is 0.268 e. The van der Waals surface area contributed by atoms with Gasteiger partial charge in [-0.15, -0.1) is 0 Å². The summed E-state index contributed by atoms with van der Waals surface area (Å²) in [7, 11) is 1.24. The first-order valence-electron chi connectivity index (χ1n) is 15.2. The number of hydrogen-bond acceptors (Lipinski definition) is 6. The number of amides is 1. The molecule has 0 aromatic rings. The number of rotatable bonds is 26. The molecule has 0 aromatic carbocycles. The summed E-state index contributed by atoms with van der Waals surface area (Å²) < 4.78 is 22.7.